The first-order valence-corrected chi connectivity index (χ1v) is 5.76. The SMILES string of the molecule is CCCN(C)C(CN)c1cc(F)ccc1C. The van der Waals surface area contributed by atoms with Crippen molar-refractivity contribution in [3.05, 3.63) is 35.1 Å². The van der Waals surface area contributed by atoms with Gasteiger partial charge < -0.3 is 5.73 Å². The highest BCUT2D eigenvalue weighted by molar-refractivity contribution is 5.29. The van der Waals surface area contributed by atoms with E-state index in [1.165, 1.54) is 6.07 Å². The van der Waals surface area contributed by atoms with Crippen molar-refractivity contribution in [2.24, 2.45) is 5.73 Å². The van der Waals surface area contributed by atoms with Gasteiger partial charge in [-0.3, -0.25) is 4.90 Å². The summed E-state index contributed by atoms with van der Waals surface area (Å²) in [7, 11) is 2.03. The molecule has 0 fully saturated rings. The van der Waals surface area contributed by atoms with Crippen LogP contribution in [0.5, 0.6) is 0 Å². The second-order valence-electron chi connectivity index (χ2n) is 4.23. The Bertz CT molecular complexity index is 339. The zero-order valence-corrected chi connectivity index (χ0v) is 10.3. The number of rotatable bonds is 5. The average Bonchev–Trinajstić information content (AvgIpc) is 2.24. The van der Waals surface area contributed by atoms with Gasteiger partial charge in [-0.1, -0.05) is 13.0 Å². The zero-order chi connectivity index (χ0) is 12.1. The fourth-order valence-corrected chi connectivity index (χ4v) is 2.02. The Morgan fingerprint density at radius 2 is 2.12 bits per heavy atom. The highest BCUT2D eigenvalue weighted by atomic mass is 19.1. The molecule has 0 aliphatic rings. The molecule has 1 unspecified atom stereocenters. The number of halogens is 1. The van der Waals surface area contributed by atoms with Crippen molar-refractivity contribution in [1.82, 2.24) is 4.90 Å². The van der Waals surface area contributed by atoms with Crippen LogP contribution in [-0.4, -0.2) is 25.0 Å². The van der Waals surface area contributed by atoms with Crippen molar-refractivity contribution < 1.29 is 4.39 Å². The summed E-state index contributed by atoms with van der Waals surface area (Å²) < 4.78 is 13.2. The van der Waals surface area contributed by atoms with Gasteiger partial charge in [-0.25, -0.2) is 4.39 Å². The Morgan fingerprint density at radius 3 is 2.69 bits per heavy atom. The van der Waals surface area contributed by atoms with Crippen molar-refractivity contribution in [2.75, 3.05) is 20.1 Å². The molecule has 3 heteroatoms. The molecule has 0 aromatic heterocycles. The molecule has 0 heterocycles. The van der Waals surface area contributed by atoms with Crippen LogP contribution in [0.1, 0.15) is 30.5 Å². The second-order valence-corrected chi connectivity index (χ2v) is 4.23. The molecule has 1 aromatic rings. The van der Waals surface area contributed by atoms with E-state index in [2.05, 4.69) is 11.8 Å². The molecule has 90 valence electrons. The van der Waals surface area contributed by atoms with E-state index in [4.69, 9.17) is 5.73 Å². The molecule has 1 rings (SSSR count). The molecule has 2 nitrogen and oxygen atoms in total. The van der Waals surface area contributed by atoms with E-state index in [9.17, 15) is 4.39 Å². The van der Waals surface area contributed by atoms with E-state index in [-0.39, 0.29) is 11.9 Å². The molecule has 0 spiro atoms. The maximum Gasteiger partial charge on any atom is 0.123 e. The van der Waals surface area contributed by atoms with E-state index in [1.807, 2.05) is 20.0 Å². The van der Waals surface area contributed by atoms with Crippen molar-refractivity contribution in [3.63, 3.8) is 0 Å². The highest BCUT2D eigenvalue weighted by Gasteiger charge is 2.17. The molecule has 0 bridgehead atoms. The molecule has 0 aliphatic carbocycles. The Balaban J connectivity index is 2.98. The molecule has 0 saturated carbocycles. The van der Waals surface area contributed by atoms with Crippen LogP contribution in [-0.2, 0) is 0 Å². The predicted octanol–water partition coefficient (Wildman–Crippen LogP) is 2.48. The molecule has 2 N–H and O–H groups in total. The number of nitrogens with zero attached hydrogens (tertiary/aromatic N) is 1. The zero-order valence-electron chi connectivity index (χ0n) is 10.3. The minimum Gasteiger partial charge on any atom is -0.329 e. The lowest BCUT2D eigenvalue weighted by molar-refractivity contribution is 0.249. The molecule has 0 aliphatic heterocycles. The largest absolute Gasteiger partial charge is 0.329 e. The standard InChI is InChI=1S/C13H21FN2/c1-4-7-16(3)13(9-15)12-8-11(14)6-5-10(12)2/h5-6,8,13H,4,7,9,15H2,1-3H3. The normalized spacial score (nSPS) is 13.1. The maximum atomic E-state index is 13.2. The first-order valence-electron chi connectivity index (χ1n) is 5.76. The Hall–Kier alpha value is -0.930. The van der Waals surface area contributed by atoms with Crippen LogP contribution in [0.2, 0.25) is 0 Å². The van der Waals surface area contributed by atoms with Gasteiger partial charge in [-0.15, -0.1) is 0 Å². The topological polar surface area (TPSA) is 29.3 Å². The van der Waals surface area contributed by atoms with Gasteiger partial charge in [0, 0.05) is 12.6 Å². The van der Waals surface area contributed by atoms with E-state index >= 15 is 0 Å². The van der Waals surface area contributed by atoms with Gasteiger partial charge in [0.2, 0.25) is 0 Å². The quantitative estimate of drug-likeness (QED) is 0.832. The summed E-state index contributed by atoms with van der Waals surface area (Å²) in [5.41, 5.74) is 7.89. The number of benzene rings is 1. The third kappa shape index (κ3) is 3.03. The number of likely N-dealkylation sites (N-methyl/N-ethyl adjacent to an activating group) is 1. The minimum absolute atomic E-state index is 0.107. The number of hydrogen-bond acceptors (Lipinski definition) is 2. The summed E-state index contributed by atoms with van der Waals surface area (Å²) in [6, 6.07) is 5.01. The lowest BCUT2D eigenvalue weighted by atomic mass is 10.00. The van der Waals surface area contributed by atoms with E-state index in [1.54, 1.807) is 6.07 Å². The first-order chi connectivity index (χ1) is 7.60. The fraction of sp³-hybridized carbons (Fsp3) is 0.538. The van der Waals surface area contributed by atoms with Gasteiger partial charge in [0.05, 0.1) is 0 Å². The van der Waals surface area contributed by atoms with Gasteiger partial charge in [-0.05, 0) is 50.2 Å². The molecule has 1 aromatic carbocycles. The van der Waals surface area contributed by atoms with Crippen LogP contribution >= 0.6 is 0 Å². The minimum atomic E-state index is -0.191. The fourth-order valence-electron chi connectivity index (χ4n) is 2.02. The predicted molar refractivity (Wildman–Crippen MR) is 65.9 cm³/mol. The van der Waals surface area contributed by atoms with E-state index < -0.39 is 0 Å². The number of hydrogen-bond donors (Lipinski definition) is 1. The molecular formula is C13H21FN2. The molecule has 0 amide bonds. The Morgan fingerprint density at radius 1 is 1.44 bits per heavy atom. The maximum absolute atomic E-state index is 13.2. The first kappa shape index (κ1) is 13.1. The average molecular weight is 224 g/mol. The summed E-state index contributed by atoms with van der Waals surface area (Å²) in [6.07, 6.45) is 1.07. The van der Waals surface area contributed by atoms with Gasteiger partial charge in [0.15, 0.2) is 0 Å². The number of aryl methyl sites for hydroxylation is 1. The molecule has 1 atom stereocenters. The second kappa shape index (κ2) is 5.97. The van der Waals surface area contributed by atoms with Crippen molar-refractivity contribution in [1.29, 1.82) is 0 Å². The Kier molecular flexibility index (Phi) is 4.90. The van der Waals surface area contributed by atoms with Crippen LogP contribution in [0.25, 0.3) is 0 Å². The molecule has 0 saturated heterocycles. The summed E-state index contributed by atoms with van der Waals surface area (Å²) in [5.74, 6) is -0.191. The van der Waals surface area contributed by atoms with Crippen LogP contribution in [0.4, 0.5) is 4.39 Å². The van der Waals surface area contributed by atoms with E-state index in [0.29, 0.717) is 6.54 Å². The third-order valence-electron chi connectivity index (χ3n) is 2.93. The number of nitrogens with two attached hydrogens (primary N) is 1. The van der Waals surface area contributed by atoms with Crippen molar-refractivity contribution in [2.45, 2.75) is 26.3 Å². The summed E-state index contributed by atoms with van der Waals surface area (Å²) >= 11 is 0. The van der Waals surface area contributed by atoms with Crippen LogP contribution in [0.3, 0.4) is 0 Å². The summed E-state index contributed by atoms with van der Waals surface area (Å²) in [4.78, 5) is 2.18. The lowest BCUT2D eigenvalue weighted by Gasteiger charge is -2.28. The third-order valence-corrected chi connectivity index (χ3v) is 2.93. The van der Waals surface area contributed by atoms with E-state index in [0.717, 1.165) is 24.1 Å². The van der Waals surface area contributed by atoms with Crippen molar-refractivity contribution in [3.8, 4) is 0 Å². The van der Waals surface area contributed by atoms with Crippen molar-refractivity contribution >= 4 is 0 Å². The lowest BCUT2D eigenvalue weighted by Crippen LogP contribution is -2.31. The highest BCUT2D eigenvalue weighted by Crippen LogP contribution is 2.22. The van der Waals surface area contributed by atoms with Crippen LogP contribution < -0.4 is 5.73 Å². The van der Waals surface area contributed by atoms with Gasteiger partial charge in [-0.2, -0.15) is 0 Å². The van der Waals surface area contributed by atoms with Gasteiger partial charge in [0.25, 0.3) is 0 Å². The van der Waals surface area contributed by atoms with Gasteiger partial charge in [0.1, 0.15) is 5.82 Å². The molecule has 16 heavy (non-hydrogen) atoms. The molecule has 0 radical (unpaired) electrons. The van der Waals surface area contributed by atoms with Crippen LogP contribution in [0.15, 0.2) is 18.2 Å². The smallest absolute Gasteiger partial charge is 0.123 e. The summed E-state index contributed by atoms with van der Waals surface area (Å²) in [5, 5.41) is 0. The Labute approximate surface area is 97.3 Å². The monoisotopic (exact) mass is 224 g/mol. The van der Waals surface area contributed by atoms with Crippen LogP contribution in [0, 0.1) is 12.7 Å². The summed E-state index contributed by atoms with van der Waals surface area (Å²) in [6.45, 7) is 5.61. The molecular weight excluding hydrogens is 203 g/mol. The van der Waals surface area contributed by atoms with Gasteiger partial charge >= 0.3 is 0 Å².